The van der Waals surface area contributed by atoms with E-state index >= 15 is 4.39 Å². The summed E-state index contributed by atoms with van der Waals surface area (Å²) >= 11 is 0. The summed E-state index contributed by atoms with van der Waals surface area (Å²) in [7, 11) is 0. The number of amides is 1. The van der Waals surface area contributed by atoms with Gasteiger partial charge in [0.25, 0.3) is 5.91 Å². The van der Waals surface area contributed by atoms with Crippen LogP contribution in [0.2, 0.25) is 0 Å². The molecule has 2 N–H and O–H groups in total. The lowest BCUT2D eigenvalue weighted by Crippen LogP contribution is -2.22. The van der Waals surface area contributed by atoms with Crippen LogP contribution in [0.4, 0.5) is 14.5 Å². The van der Waals surface area contributed by atoms with Gasteiger partial charge in [-0.2, -0.15) is 10.4 Å². The second kappa shape index (κ2) is 9.50. The maximum absolute atomic E-state index is 15.4. The monoisotopic (exact) mass is 484 g/mol. The topological polar surface area (TPSA) is 91.2 Å². The summed E-state index contributed by atoms with van der Waals surface area (Å²) in [5.74, 6) is -1.75. The second-order valence-corrected chi connectivity index (χ2v) is 8.51. The number of hydrogen-bond acceptors (Lipinski definition) is 5. The fraction of sp³-hybridized carbons (Fsp3) is 0.148. The maximum atomic E-state index is 15.4. The normalized spacial score (nSPS) is 15.1. The van der Waals surface area contributed by atoms with Crippen LogP contribution < -0.4 is 10.6 Å². The fourth-order valence-electron chi connectivity index (χ4n) is 4.29. The number of carbonyl (C=O) groups is 1. The van der Waals surface area contributed by atoms with Crippen molar-refractivity contribution in [3.05, 3.63) is 102 Å². The van der Waals surface area contributed by atoms with Gasteiger partial charge in [-0.15, -0.1) is 0 Å². The summed E-state index contributed by atoms with van der Waals surface area (Å²) in [5.41, 5.74) is 7.65. The number of hydrogen-bond donors (Lipinski definition) is 1. The molecule has 0 aliphatic carbocycles. The lowest BCUT2D eigenvalue weighted by atomic mass is 10.1. The Balaban J connectivity index is 1.61. The number of aromatic nitrogens is 2. The molecule has 3 heterocycles. The van der Waals surface area contributed by atoms with E-state index in [0.717, 1.165) is 31.6 Å². The molecular formula is C27H22F2N6O. The molecule has 7 nitrogen and oxygen atoms in total. The summed E-state index contributed by atoms with van der Waals surface area (Å²) in [4.78, 5) is 16.6. The Kier molecular flexibility index (Phi) is 6.09. The highest BCUT2D eigenvalue weighted by Crippen LogP contribution is 2.30. The first-order chi connectivity index (χ1) is 17.4. The van der Waals surface area contributed by atoms with Crippen molar-refractivity contribution in [2.24, 2.45) is 5.73 Å². The molecule has 9 heteroatoms. The molecule has 1 fully saturated rings. The second-order valence-electron chi connectivity index (χ2n) is 8.51. The van der Waals surface area contributed by atoms with Crippen LogP contribution in [0, 0.1) is 23.0 Å². The zero-order valence-corrected chi connectivity index (χ0v) is 19.2. The maximum Gasteiger partial charge on any atom is 0.282 e. The minimum absolute atomic E-state index is 0.00777. The smallest absolute Gasteiger partial charge is 0.282 e. The average Bonchev–Trinajstić information content (AvgIpc) is 3.51. The molecule has 0 unspecified atom stereocenters. The molecule has 180 valence electrons. The summed E-state index contributed by atoms with van der Waals surface area (Å²) in [5, 5.41) is 13.5. The van der Waals surface area contributed by atoms with Gasteiger partial charge < -0.3 is 10.6 Å². The molecular weight excluding hydrogens is 462 g/mol. The van der Waals surface area contributed by atoms with Crippen molar-refractivity contribution in [3.8, 4) is 23.0 Å². The van der Waals surface area contributed by atoms with Gasteiger partial charge in [-0.3, -0.25) is 9.69 Å². The number of nitrogens with zero attached hydrogens (tertiary/aromatic N) is 5. The Morgan fingerprint density at radius 2 is 1.83 bits per heavy atom. The van der Waals surface area contributed by atoms with Crippen molar-refractivity contribution < 1.29 is 13.6 Å². The van der Waals surface area contributed by atoms with Crippen LogP contribution in [-0.4, -0.2) is 33.7 Å². The van der Waals surface area contributed by atoms with E-state index in [1.54, 1.807) is 30.4 Å². The molecule has 1 amide bonds. The highest BCUT2D eigenvalue weighted by atomic mass is 19.1. The van der Waals surface area contributed by atoms with Crippen LogP contribution in [0.1, 0.15) is 28.9 Å². The van der Waals surface area contributed by atoms with Gasteiger partial charge in [0, 0.05) is 42.4 Å². The number of halogens is 2. The van der Waals surface area contributed by atoms with Crippen LogP contribution in [0.25, 0.3) is 16.9 Å². The Hall–Kier alpha value is -4.71. The van der Waals surface area contributed by atoms with Gasteiger partial charge in [0.05, 0.1) is 11.3 Å². The molecule has 3 aromatic rings. The van der Waals surface area contributed by atoms with Gasteiger partial charge in [-0.1, -0.05) is 12.1 Å². The first-order valence-electron chi connectivity index (χ1n) is 11.4. The van der Waals surface area contributed by atoms with Crippen LogP contribution in [0.3, 0.4) is 0 Å². The number of nitriles is 1. The van der Waals surface area contributed by atoms with Gasteiger partial charge in [-0.05, 0) is 61.4 Å². The molecule has 0 atom stereocenters. The Morgan fingerprint density at radius 3 is 2.56 bits per heavy atom. The van der Waals surface area contributed by atoms with Crippen LogP contribution >= 0.6 is 0 Å². The van der Waals surface area contributed by atoms with E-state index in [0.29, 0.717) is 17.0 Å². The van der Waals surface area contributed by atoms with Crippen LogP contribution in [0.15, 0.2) is 78.8 Å². The number of benzene rings is 2. The number of anilines is 1. The van der Waals surface area contributed by atoms with Crippen LogP contribution in [0.5, 0.6) is 0 Å². The first kappa shape index (κ1) is 23.1. The highest BCUT2D eigenvalue weighted by Gasteiger charge is 2.23. The van der Waals surface area contributed by atoms with Crippen molar-refractivity contribution >= 4 is 11.6 Å². The van der Waals surface area contributed by atoms with Gasteiger partial charge in [0.15, 0.2) is 11.5 Å². The molecule has 2 aromatic carbocycles. The number of nitrogens with two attached hydrogens (primary N) is 1. The Morgan fingerprint density at radius 1 is 1.03 bits per heavy atom. The Bertz CT molecular complexity index is 1470. The molecule has 1 saturated heterocycles. The molecule has 2 aliphatic rings. The van der Waals surface area contributed by atoms with Crippen molar-refractivity contribution in [3.63, 3.8) is 0 Å². The largest absolute Gasteiger partial charge is 0.398 e. The van der Waals surface area contributed by atoms with Crippen molar-refractivity contribution in [2.75, 3.05) is 18.0 Å². The van der Waals surface area contributed by atoms with E-state index in [9.17, 15) is 9.18 Å². The van der Waals surface area contributed by atoms with E-state index in [2.05, 4.69) is 10.00 Å². The summed E-state index contributed by atoms with van der Waals surface area (Å²) in [6, 6.07) is 12.1. The molecule has 0 spiro atoms. The highest BCUT2D eigenvalue weighted by molar-refractivity contribution is 5.95. The molecule has 0 bridgehead atoms. The quantitative estimate of drug-likeness (QED) is 0.584. The van der Waals surface area contributed by atoms with Gasteiger partial charge in [-0.25, -0.2) is 13.5 Å². The lowest BCUT2D eigenvalue weighted by molar-refractivity contribution is 0.0863. The third-order valence-corrected chi connectivity index (χ3v) is 6.11. The van der Waals surface area contributed by atoms with E-state index in [-0.39, 0.29) is 16.9 Å². The first-order valence-corrected chi connectivity index (χ1v) is 11.4. The SMILES string of the molecule is N#Cc1ccc(-c2cc(C(=O)N3C=CC=CC(N)=C3)nn2-c2ccc(N3CCCC3)cc2F)cc1F. The van der Waals surface area contributed by atoms with Gasteiger partial charge >= 0.3 is 0 Å². The zero-order valence-electron chi connectivity index (χ0n) is 19.2. The van der Waals surface area contributed by atoms with Gasteiger partial charge in [0.2, 0.25) is 0 Å². The van der Waals surface area contributed by atoms with E-state index in [1.165, 1.54) is 52.3 Å². The average molecular weight is 485 g/mol. The van der Waals surface area contributed by atoms with E-state index in [4.69, 9.17) is 11.0 Å². The molecule has 2 aliphatic heterocycles. The van der Waals surface area contributed by atoms with Crippen molar-refractivity contribution in [1.82, 2.24) is 14.7 Å². The third-order valence-electron chi connectivity index (χ3n) is 6.11. The Labute approximate surface area is 206 Å². The molecule has 0 radical (unpaired) electrons. The summed E-state index contributed by atoms with van der Waals surface area (Å²) in [6.07, 6.45) is 10.1. The molecule has 36 heavy (non-hydrogen) atoms. The van der Waals surface area contributed by atoms with Crippen molar-refractivity contribution in [2.45, 2.75) is 12.8 Å². The van der Waals surface area contributed by atoms with Gasteiger partial charge in [0.1, 0.15) is 17.6 Å². The lowest BCUT2D eigenvalue weighted by Gasteiger charge is -2.18. The number of carbonyl (C=O) groups excluding carboxylic acids is 1. The molecule has 5 rings (SSSR count). The number of rotatable bonds is 4. The van der Waals surface area contributed by atoms with E-state index in [1.807, 2.05) is 6.07 Å². The third kappa shape index (κ3) is 4.36. The zero-order chi connectivity index (χ0) is 25.2. The summed E-state index contributed by atoms with van der Waals surface area (Å²) in [6.45, 7) is 1.73. The van der Waals surface area contributed by atoms with Crippen LogP contribution in [-0.2, 0) is 0 Å². The standard InChI is InChI=1S/C27H22F2N6O/c28-22-13-18(6-7-19(22)16-30)26-15-24(27(36)34-12-2-1-5-20(31)17-34)32-35(26)25-9-8-21(14-23(25)29)33-10-3-4-11-33/h1-2,5-9,12-15,17H,3-4,10-11,31H2. The van der Waals surface area contributed by atoms with Crippen molar-refractivity contribution in [1.29, 1.82) is 5.26 Å². The summed E-state index contributed by atoms with van der Waals surface area (Å²) < 4.78 is 31.2. The predicted molar refractivity (Wildman–Crippen MR) is 132 cm³/mol. The molecule has 1 aromatic heterocycles. The number of allylic oxidation sites excluding steroid dienone is 3. The minimum Gasteiger partial charge on any atom is -0.398 e. The fourth-order valence-corrected chi connectivity index (χ4v) is 4.29. The van der Waals surface area contributed by atoms with E-state index < -0.39 is 17.5 Å². The molecule has 0 saturated carbocycles. The minimum atomic E-state index is -0.724. The predicted octanol–water partition coefficient (Wildman–Crippen LogP) is 4.62.